The number of hydrogen-bond donors (Lipinski definition) is 2. The molecule has 0 radical (unpaired) electrons. The molecule has 1 heterocycles. The maximum Gasteiger partial charge on any atom is 0.363 e. The quantitative estimate of drug-likeness (QED) is 0.618. The highest BCUT2D eigenvalue weighted by atomic mass is 16.5. The molecular weight excluding hydrogens is 286 g/mol. The molecule has 116 valence electrons. The van der Waals surface area contributed by atoms with Crippen LogP contribution in [-0.2, 0) is 0 Å². The van der Waals surface area contributed by atoms with E-state index < -0.39 is 5.69 Å². The van der Waals surface area contributed by atoms with Gasteiger partial charge in [-0.25, -0.2) is 9.89 Å². The van der Waals surface area contributed by atoms with Gasteiger partial charge in [0.15, 0.2) is 17.3 Å². The number of methoxy groups -OCH3 is 1. The van der Waals surface area contributed by atoms with E-state index in [1.165, 1.54) is 6.20 Å². The normalized spacial score (nSPS) is 10.9. The molecule has 8 heteroatoms. The summed E-state index contributed by atoms with van der Waals surface area (Å²) in [6.45, 7) is 3.89. The molecule has 0 bridgehead atoms. The average Bonchev–Trinajstić information content (AvgIpc) is 2.48. The zero-order chi connectivity index (χ0) is 15.9. The topological polar surface area (TPSA) is 101 Å². The fraction of sp³-hybridized carbons (Fsp3) is 0.286. The van der Waals surface area contributed by atoms with E-state index in [0.29, 0.717) is 11.5 Å². The lowest BCUT2D eigenvalue weighted by Gasteiger charge is -2.13. The van der Waals surface area contributed by atoms with Crippen LogP contribution in [0.5, 0.6) is 11.5 Å². The average molecular weight is 303 g/mol. The predicted molar refractivity (Wildman–Crippen MR) is 82.6 cm³/mol. The molecule has 0 unspecified atom stereocenters. The van der Waals surface area contributed by atoms with Crippen molar-refractivity contribution in [1.29, 1.82) is 0 Å². The summed E-state index contributed by atoms with van der Waals surface area (Å²) in [6, 6.07) is 5.45. The van der Waals surface area contributed by atoms with E-state index in [0.717, 1.165) is 5.56 Å². The lowest BCUT2D eigenvalue weighted by Crippen LogP contribution is -2.13. The first kappa shape index (κ1) is 15.5. The van der Waals surface area contributed by atoms with Gasteiger partial charge in [0.1, 0.15) is 0 Å². The van der Waals surface area contributed by atoms with E-state index in [1.54, 1.807) is 19.4 Å². The van der Waals surface area contributed by atoms with Crippen LogP contribution in [0.3, 0.4) is 0 Å². The van der Waals surface area contributed by atoms with Crippen LogP contribution in [0, 0.1) is 0 Å². The number of hydrogen-bond acceptors (Lipinski definition) is 7. The monoisotopic (exact) mass is 303 g/mol. The lowest BCUT2D eigenvalue weighted by molar-refractivity contribution is 0.230. The number of aromatic amines is 1. The number of nitrogens with one attached hydrogen (secondary N) is 2. The van der Waals surface area contributed by atoms with Crippen LogP contribution in [0.25, 0.3) is 0 Å². The van der Waals surface area contributed by atoms with Gasteiger partial charge in [-0.15, -0.1) is 0 Å². The van der Waals surface area contributed by atoms with Gasteiger partial charge in [0.25, 0.3) is 0 Å². The fourth-order valence-electron chi connectivity index (χ4n) is 1.65. The maximum atomic E-state index is 11.0. The molecule has 0 atom stereocenters. The van der Waals surface area contributed by atoms with Crippen LogP contribution in [0.2, 0.25) is 0 Å². The van der Waals surface area contributed by atoms with Gasteiger partial charge < -0.3 is 9.47 Å². The standard InChI is InChI=1S/C14H17N5O3/c1-9(2)22-11-5-4-10(6-12(11)21-3)7-15-18-13-8-16-19-14(20)17-13/h4-9H,1-3H3,(H2,17,18,19,20)/b15-7+. The van der Waals surface area contributed by atoms with Crippen molar-refractivity contribution in [2.45, 2.75) is 20.0 Å². The molecule has 0 amide bonds. The zero-order valence-corrected chi connectivity index (χ0v) is 12.5. The molecular formula is C14H17N5O3. The Balaban J connectivity index is 2.09. The molecule has 0 aliphatic heterocycles. The highest BCUT2D eigenvalue weighted by Crippen LogP contribution is 2.28. The molecule has 1 aromatic heterocycles. The first-order chi connectivity index (χ1) is 10.6. The Morgan fingerprint density at radius 3 is 2.86 bits per heavy atom. The van der Waals surface area contributed by atoms with Crippen molar-refractivity contribution >= 4 is 12.0 Å². The number of anilines is 1. The van der Waals surface area contributed by atoms with Gasteiger partial charge in [0.05, 0.1) is 25.6 Å². The number of hydrazone groups is 1. The fourth-order valence-corrected chi connectivity index (χ4v) is 1.65. The Bertz CT molecular complexity index is 712. The minimum Gasteiger partial charge on any atom is -0.493 e. The molecule has 8 nitrogen and oxygen atoms in total. The smallest absolute Gasteiger partial charge is 0.363 e. The van der Waals surface area contributed by atoms with E-state index in [4.69, 9.17) is 9.47 Å². The Hall–Kier alpha value is -2.90. The van der Waals surface area contributed by atoms with Crippen molar-refractivity contribution in [3.8, 4) is 11.5 Å². The number of rotatable bonds is 6. The van der Waals surface area contributed by atoms with Crippen molar-refractivity contribution < 1.29 is 9.47 Å². The molecule has 0 aliphatic rings. The van der Waals surface area contributed by atoms with Gasteiger partial charge in [-0.1, -0.05) is 0 Å². The van der Waals surface area contributed by atoms with Crippen LogP contribution in [-0.4, -0.2) is 34.6 Å². The predicted octanol–water partition coefficient (Wildman–Crippen LogP) is 1.41. The highest BCUT2D eigenvalue weighted by Gasteiger charge is 2.06. The van der Waals surface area contributed by atoms with Crippen LogP contribution >= 0.6 is 0 Å². The summed E-state index contributed by atoms with van der Waals surface area (Å²) >= 11 is 0. The molecule has 0 saturated heterocycles. The second-order valence-corrected chi connectivity index (χ2v) is 4.62. The van der Waals surface area contributed by atoms with E-state index in [1.807, 2.05) is 26.0 Å². The number of H-pyrrole nitrogens is 1. The molecule has 0 saturated carbocycles. The third kappa shape index (κ3) is 4.30. The van der Waals surface area contributed by atoms with E-state index in [-0.39, 0.29) is 11.9 Å². The summed E-state index contributed by atoms with van der Waals surface area (Å²) in [5.41, 5.74) is 2.88. The first-order valence-corrected chi connectivity index (χ1v) is 6.64. The van der Waals surface area contributed by atoms with E-state index in [9.17, 15) is 4.79 Å². The van der Waals surface area contributed by atoms with Gasteiger partial charge in [-0.3, -0.25) is 5.43 Å². The lowest BCUT2D eigenvalue weighted by atomic mass is 10.2. The summed E-state index contributed by atoms with van der Waals surface area (Å²) in [5, 5.41) is 9.77. The Morgan fingerprint density at radius 1 is 1.36 bits per heavy atom. The molecule has 2 N–H and O–H groups in total. The van der Waals surface area contributed by atoms with Crippen molar-refractivity contribution in [2.75, 3.05) is 12.5 Å². The van der Waals surface area contributed by atoms with Crippen molar-refractivity contribution in [3.05, 3.63) is 40.4 Å². The van der Waals surface area contributed by atoms with Gasteiger partial charge in [-0.05, 0) is 37.6 Å². The van der Waals surface area contributed by atoms with E-state index in [2.05, 4.69) is 25.7 Å². The summed E-state index contributed by atoms with van der Waals surface area (Å²) in [7, 11) is 1.58. The molecule has 0 spiro atoms. The molecule has 22 heavy (non-hydrogen) atoms. The van der Waals surface area contributed by atoms with Gasteiger partial charge in [0.2, 0.25) is 0 Å². The summed E-state index contributed by atoms with van der Waals surface area (Å²) in [6.07, 6.45) is 2.99. The van der Waals surface area contributed by atoms with Crippen LogP contribution in [0.15, 0.2) is 34.3 Å². The second-order valence-electron chi connectivity index (χ2n) is 4.62. The van der Waals surface area contributed by atoms with Crippen molar-refractivity contribution in [1.82, 2.24) is 15.2 Å². The van der Waals surface area contributed by atoms with Crippen molar-refractivity contribution in [2.24, 2.45) is 5.10 Å². The molecule has 0 fully saturated rings. The first-order valence-electron chi connectivity index (χ1n) is 6.64. The highest BCUT2D eigenvalue weighted by molar-refractivity contribution is 5.81. The molecule has 2 rings (SSSR count). The zero-order valence-electron chi connectivity index (χ0n) is 12.5. The molecule has 1 aromatic carbocycles. The third-order valence-corrected chi connectivity index (χ3v) is 2.51. The van der Waals surface area contributed by atoms with Crippen LogP contribution in [0.4, 0.5) is 5.82 Å². The minimum atomic E-state index is -0.544. The van der Waals surface area contributed by atoms with Crippen molar-refractivity contribution in [3.63, 3.8) is 0 Å². The summed E-state index contributed by atoms with van der Waals surface area (Å²) < 4.78 is 10.9. The third-order valence-electron chi connectivity index (χ3n) is 2.51. The summed E-state index contributed by atoms with van der Waals surface area (Å²) in [4.78, 5) is 14.6. The number of benzene rings is 1. The van der Waals surface area contributed by atoms with Gasteiger partial charge >= 0.3 is 5.69 Å². The maximum absolute atomic E-state index is 11.0. The van der Waals surface area contributed by atoms with Crippen LogP contribution in [0.1, 0.15) is 19.4 Å². The second kappa shape index (κ2) is 7.21. The Morgan fingerprint density at radius 2 is 2.18 bits per heavy atom. The van der Waals surface area contributed by atoms with Gasteiger partial charge in [-0.2, -0.15) is 15.2 Å². The minimum absolute atomic E-state index is 0.0600. The Kier molecular flexibility index (Phi) is 5.07. The van der Waals surface area contributed by atoms with E-state index >= 15 is 0 Å². The van der Waals surface area contributed by atoms with Gasteiger partial charge in [0, 0.05) is 0 Å². The van der Waals surface area contributed by atoms with Crippen LogP contribution < -0.4 is 20.6 Å². The molecule has 2 aromatic rings. The SMILES string of the molecule is COc1cc(/C=N/Nc2cn[nH]c(=O)n2)ccc1OC(C)C. The number of aromatic nitrogens is 3. The Labute approximate surface area is 127 Å². The summed E-state index contributed by atoms with van der Waals surface area (Å²) in [5.74, 6) is 1.54. The largest absolute Gasteiger partial charge is 0.493 e. The number of nitrogens with zero attached hydrogens (tertiary/aromatic N) is 3. The molecule has 0 aliphatic carbocycles. The number of ether oxygens (including phenoxy) is 2.